The molecule has 3 aromatic carbocycles. The predicted molar refractivity (Wildman–Crippen MR) is 86.7 cm³/mol. The van der Waals surface area contributed by atoms with Crippen LogP contribution in [0.25, 0.3) is 10.8 Å². The Kier molecular flexibility index (Phi) is 6.55. The van der Waals surface area contributed by atoms with E-state index in [2.05, 4.69) is 48.5 Å². The van der Waals surface area contributed by atoms with Crippen molar-refractivity contribution in [3.63, 3.8) is 0 Å². The molecule has 2 N–H and O–H groups in total. The zero-order valence-electron chi connectivity index (χ0n) is 11.6. The highest BCUT2D eigenvalue weighted by atomic mass is 16.1. The number of carbonyl (C=O) groups excluding carboxylic acids is 1. The minimum atomic E-state index is 0.868. The van der Waals surface area contributed by atoms with E-state index in [0.29, 0.717) is 0 Å². The summed E-state index contributed by atoms with van der Waals surface area (Å²) in [5, 5.41) is 2.62. The van der Waals surface area contributed by atoms with Gasteiger partial charge in [-0.2, -0.15) is 0 Å². The van der Waals surface area contributed by atoms with Crippen LogP contribution >= 0.6 is 0 Å². The lowest BCUT2D eigenvalue weighted by atomic mass is 10.1. The molecule has 20 heavy (non-hydrogen) atoms. The van der Waals surface area contributed by atoms with Crippen molar-refractivity contribution in [3.8, 4) is 0 Å². The predicted octanol–water partition coefficient (Wildman–Crippen LogP) is 4.23. The molecule has 0 fully saturated rings. The summed E-state index contributed by atoms with van der Waals surface area (Å²) in [5.74, 6) is 0. The van der Waals surface area contributed by atoms with Gasteiger partial charge < -0.3 is 10.5 Å². The molecule has 0 aromatic heterocycles. The molecule has 2 nitrogen and oxygen atoms in total. The summed E-state index contributed by atoms with van der Waals surface area (Å²) >= 11 is 0. The van der Waals surface area contributed by atoms with Crippen LogP contribution in [0.3, 0.4) is 0 Å². The molecule has 0 atom stereocenters. The largest absolute Gasteiger partial charge is 0.399 e. The molecule has 2 heteroatoms. The third-order valence-electron chi connectivity index (χ3n) is 2.85. The molecule has 0 saturated carbocycles. The second-order valence-electron chi connectivity index (χ2n) is 4.20. The van der Waals surface area contributed by atoms with Crippen molar-refractivity contribution in [2.24, 2.45) is 0 Å². The Morgan fingerprint density at radius 3 is 1.35 bits per heavy atom. The van der Waals surface area contributed by atoms with Gasteiger partial charge >= 0.3 is 0 Å². The molecule has 0 aliphatic rings. The fourth-order valence-electron chi connectivity index (χ4n) is 1.72. The Bertz CT molecular complexity index is 563. The van der Waals surface area contributed by atoms with Crippen molar-refractivity contribution < 1.29 is 4.79 Å². The van der Waals surface area contributed by atoms with Gasteiger partial charge in [-0.25, -0.2) is 0 Å². The molecule has 3 rings (SSSR count). The highest BCUT2D eigenvalue weighted by molar-refractivity contribution is 5.81. The van der Waals surface area contributed by atoms with E-state index in [9.17, 15) is 0 Å². The average molecular weight is 265 g/mol. The maximum atomic E-state index is 8.00. The highest BCUT2D eigenvalue weighted by Gasteiger charge is 1.85. The van der Waals surface area contributed by atoms with E-state index in [1.54, 1.807) is 0 Å². The molecule has 102 valence electrons. The summed E-state index contributed by atoms with van der Waals surface area (Å²) in [6.07, 6.45) is 0. The Hall–Kier alpha value is -2.61. The zero-order valence-corrected chi connectivity index (χ0v) is 11.6. The van der Waals surface area contributed by atoms with Crippen molar-refractivity contribution in [2.45, 2.75) is 6.92 Å². The van der Waals surface area contributed by atoms with Crippen LogP contribution in [0.15, 0.2) is 72.8 Å². The SMILES string of the molecule is C=O.Cc1ccccc1N.c1ccc2ccccc2c1. The fraction of sp³-hybridized carbons (Fsp3) is 0.0556. The summed E-state index contributed by atoms with van der Waals surface area (Å²) in [6.45, 7) is 4.00. The number of hydrogen-bond donors (Lipinski definition) is 1. The van der Waals surface area contributed by atoms with E-state index in [1.165, 1.54) is 10.8 Å². The zero-order chi connectivity index (χ0) is 14.8. The standard InChI is InChI=1S/C10H8.C7H9N.CH2O/c1-2-6-10-8-4-3-7-9(10)5-1;1-6-4-2-3-5-7(6)8;1-2/h1-8H;2-5H,8H2,1H3;1H2. The summed E-state index contributed by atoms with van der Waals surface area (Å²) in [5.41, 5.74) is 7.53. The van der Waals surface area contributed by atoms with Gasteiger partial charge in [-0.05, 0) is 29.3 Å². The Morgan fingerprint density at radius 2 is 1.05 bits per heavy atom. The number of benzene rings is 3. The molecule has 0 radical (unpaired) electrons. The van der Waals surface area contributed by atoms with Crippen LogP contribution in [0.4, 0.5) is 5.69 Å². The lowest BCUT2D eigenvalue weighted by molar-refractivity contribution is -0.0979. The third kappa shape index (κ3) is 4.58. The lowest BCUT2D eigenvalue weighted by Gasteiger charge is -1.93. The molecular formula is C18H19NO. The minimum absolute atomic E-state index is 0.868. The first kappa shape index (κ1) is 15.4. The Labute approximate surface area is 119 Å². The van der Waals surface area contributed by atoms with Crippen LogP contribution in [0.2, 0.25) is 0 Å². The lowest BCUT2D eigenvalue weighted by Crippen LogP contribution is -1.85. The van der Waals surface area contributed by atoms with Gasteiger partial charge in [0, 0.05) is 5.69 Å². The molecule has 0 aliphatic carbocycles. The molecule has 0 saturated heterocycles. The van der Waals surface area contributed by atoms with Crippen LogP contribution in [-0.2, 0) is 4.79 Å². The van der Waals surface area contributed by atoms with Crippen molar-refractivity contribution in [1.82, 2.24) is 0 Å². The quantitative estimate of drug-likeness (QED) is 0.618. The van der Waals surface area contributed by atoms with Crippen LogP contribution in [0.1, 0.15) is 5.56 Å². The molecule has 0 aliphatic heterocycles. The molecule has 0 unspecified atom stereocenters. The fourth-order valence-corrected chi connectivity index (χ4v) is 1.72. The second-order valence-corrected chi connectivity index (χ2v) is 4.20. The van der Waals surface area contributed by atoms with E-state index in [0.717, 1.165) is 11.3 Å². The molecule has 0 amide bonds. The van der Waals surface area contributed by atoms with Crippen LogP contribution in [-0.4, -0.2) is 6.79 Å². The Morgan fingerprint density at radius 1 is 0.700 bits per heavy atom. The minimum Gasteiger partial charge on any atom is -0.399 e. The normalized spacial score (nSPS) is 8.85. The van der Waals surface area contributed by atoms with Gasteiger partial charge in [0.15, 0.2) is 0 Å². The molecule has 3 aromatic rings. The van der Waals surface area contributed by atoms with Crippen LogP contribution < -0.4 is 5.73 Å². The first-order valence-electron chi connectivity index (χ1n) is 6.31. The van der Waals surface area contributed by atoms with E-state index >= 15 is 0 Å². The number of rotatable bonds is 0. The first-order valence-corrected chi connectivity index (χ1v) is 6.31. The summed E-state index contributed by atoms with van der Waals surface area (Å²) in [4.78, 5) is 8.00. The number of para-hydroxylation sites is 1. The van der Waals surface area contributed by atoms with Crippen molar-refractivity contribution in [3.05, 3.63) is 78.4 Å². The number of anilines is 1. The number of carbonyl (C=O) groups is 1. The first-order chi connectivity index (χ1) is 9.77. The molecule has 0 bridgehead atoms. The van der Waals surface area contributed by atoms with Gasteiger partial charge in [-0.3, -0.25) is 0 Å². The second kappa shape index (κ2) is 8.48. The molecular weight excluding hydrogens is 246 g/mol. The van der Waals surface area contributed by atoms with Crippen molar-refractivity contribution >= 4 is 23.2 Å². The summed E-state index contributed by atoms with van der Waals surface area (Å²) < 4.78 is 0. The smallest absolute Gasteiger partial charge is 0.106 e. The number of fused-ring (bicyclic) bond motifs is 1. The summed E-state index contributed by atoms with van der Waals surface area (Å²) in [7, 11) is 0. The molecule has 0 heterocycles. The maximum absolute atomic E-state index is 8.00. The number of aryl methyl sites for hydroxylation is 1. The van der Waals surface area contributed by atoms with E-state index in [4.69, 9.17) is 10.5 Å². The van der Waals surface area contributed by atoms with Crippen molar-refractivity contribution in [1.29, 1.82) is 0 Å². The van der Waals surface area contributed by atoms with E-state index in [1.807, 2.05) is 38.0 Å². The Balaban J connectivity index is 0.000000182. The van der Waals surface area contributed by atoms with Crippen LogP contribution in [0, 0.1) is 6.92 Å². The van der Waals surface area contributed by atoms with E-state index < -0.39 is 0 Å². The van der Waals surface area contributed by atoms with E-state index in [-0.39, 0.29) is 0 Å². The van der Waals surface area contributed by atoms with Gasteiger partial charge in [0.1, 0.15) is 6.79 Å². The number of nitrogen functional groups attached to an aromatic ring is 1. The van der Waals surface area contributed by atoms with Gasteiger partial charge in [-0.1, -0.05) is 66.7 Å². The van der Waals surface area contributed by atoms with Gasteiger partial charge in [-0.15, -0.1) is 0 Å². The number of nitrogens with two attached hydrogens (primary N) is 1. The average Bonchev–Trinajstić information content (AvgIpc) is 2.53. The molecule has 0 spiro atoms. The van der Waals surface area contributed by atoms with Gasteiger partial charge in [0.2, 0.25) is 0 Å². The number of hydrogen-bond acceptors (Lipinski definition) is 2. The monoisotopic (exact) mass is 265 g/mol. The maximum Gasteiger partial charge on any atom is 0.106 e. The summed E-state index contributed by atoms with van der Waals surface area (Å²) in [6, 6.07) is 24.5. The third-order valence-corrected chi connectivity index (χ3v) is 2.85. The topological polar surface area (TPSA) is 43.1 Å². The highest BCUT2D eigenvalue weighted by Crippen LogP contribution is 2.11. The van der Waals surface area contributed by atoms with Gasteiger partial charge in [0.05, 0.1) is 0 Å². The van der Waals surface area contributed by atoms with Crippen LogP contribution in [0.5, 0.6) is 0 Å². The van der Waals surface area contributed by atoms with Gasteiger partial charge in [0.25, 0.3) is 0 Å². The van der Waals surface area contributed by atoms with Crippen molar-refractivity contribution in [2.75, 3.05) is 5.73 Å².